The topological polar surface area (TPSA) is 78.5 Å². The lowest BCUT2D eigenvalue weighted by molar-refractivity contribution is 1.14. The molecule has 13 heavy (non-hydrogen) atoms. The minimum absolute atomic E-state index is 0.168. The number of rotatable bonds is 1. The summed E-state index contributed by atoms with van der Waals surface area (Å²) in [4.78, 5) is 6.67. The van der Waals surface area contributed by atoms with Gasteiger partial charge in [0.15, 0.2) is 5.69 Å². The summed E-state index contributed by atoms with van der Waals surface area (Å²) in [6.45, 7) is 1.85. The van der Waals surface area contributed by atoms with Crippen molar-refractivity contribution in [3.05, 3.63) is 22.1 Å². The fourth-order valence-corrected chi connectivity index (χ4v) is 1.06. The van der Waals surface area contributed by atoms with Crippen molar-refractivity contribution < 1.29 is 0 Å². The van der Waals surface area contributed by atoms with E-state index in [0.29, 0.717) is 10.3 Å². The Hall–Kier alpha value is -1.67. The van der Waals surface area contributed by atoms with Gasteiger partial charge in [0.2, 0.25) is 0 Å². The van der Waals surface area contributed by atoms with Gasteiger partial charge in [-0.15, -0.1) is 0 Å². The van der Waals surface area contributed by atoms with E-state index in [1.54, 1.807) is 12.2 Å². The molecule has 0 amide bonds. The molecule has 4 nitrogen and oxygen atoms in total. The molecule has 0 aliphatic heterocycles. The zero-order valence-corrected chi connectivity index (χ0v) is 7.85. The largest absolute Gasteiger partial charge is 0.383 e. The molecule has 1 heterocycles. The Kier molecular flexibility index (Phi) is 2.77. The van der Waals surface area contributed by atoms with Gasteiger partial charge in [0, 0.05) is 0 Å². The van der Waals surface area contributed by atoms with Crippen molar-refractivity contribution in [2.24, 2.45) is 0 Å². The summed E-state index contributed by atoms with van der Waals surface area (Å²) < 4.78 is 0.439. The Bertz CT molecular complexity index is 438. The molecular formula is C8H8N4S. The van der Waals surface area contributed by atoms with Crippen LogP contribution in [0.25, 0.3) is 6.08 Å². The predicted molar refractivity (Wildman–Crippen MR) is 53.3 cm³/mol. The van der Waals surface area contributed by atoms with Crippen LogP contribution in [0.4, 0.5) is 5.82 Å². The van der Waals surface area contributed by atoms with Crippen LogP contribution in [0.3, 0.4) is 0 Å². The molecule has 1 aromatic heterocycles. The number of nitriles is 1. The molecule has 0 aromatic carbocycles. The van der Waals surface area contributed by atoms with Gasteiger partial charge in [-0.25, -0.2) is 4.98 Å². The number of hydrogen-bond donors (Lipinski definition) is 2. The van der Waals surface area contributed by atoms with Gasteiger partial charge in [-0.3, -0.25) is 0 Å². The molecule has 0 aliphatic carbocycles. The summed E-state index contributed by atoms with van der Waals surface area (Å²) in [5, 5.41) is 8.63. The van der Waals surface area contributed by atoms with E-state index < -0.39 is 0 Å². The maximum Gasteiger partial charge on any atom is 0.181 e. The number of anilines is 1. The van der Waals surface area contributed by atoms with Crippen molar-refractivity contribution in [1.29, 1.82) is 5.26 Å². The van der Waals surface area contributed by atoms with E-state index in [1.807, 2.05) is 13.0 Å². The number of aromatic nitrogens is 2. The molecule has 0 fully saturated rings. The van der Waals surface area contributed by atoms with E-state index >= 15 is 0 Å². The van der Waals surface area contributed by atoms with Crippen molar-refractivity contribution in [2.75, 3.05) is 5.73 Å². The third-order valence-corrected chi connectivity index (χ3v) is 1.71. The Morgan fingerprint density at radius 1 is 1.69 bits per heavy atom. The molecule has 0 aliphatic rings. The average molecular weight is 192 g/mol. The van der Waals surface area contributed by atoms with Crippen LogP contribution in [-0.4, -0.2) is 9.97 Å². The normalized spacial score (nSPS) is 10.2. The first-order valence-electron chi connectivity index (χ1n) is 3.61. The second-order valence-corrected chi connectivity index (χ2v) is 2.73. The first kappa shape index (κ1) is 9.42. The molecule has 0 bridgehead atoms. The highest BCUT2D eigenvalue weighted by atomic mass is 32.1. The summed E-state index contributed by atoms with van der Waals surface area (Å²) in [5.41, 5.74) is 6.19. The minimum atomic E-state index is 0.168. The van der Waals surface area contributed by atoms with Gasteiger partial charge in [0.1, 0.15) is 16.5 Å². The van der Waals surface area contributed by atoms with Crippen molar-refractivity contribution in [2.45, 2.75) is 6.92 Å². The summed E-state index contributed by atoms with van der Waals surface area (Å²) in [6, 6.07) is 1.87. The zero-order valence-electron chi connectivity index (χ0n) is 7.03. The fourth-order valence-electron chi connectivity index (χ4n) is 0.833. The minimum Gasteiger partial charge on any atom is -0.383 e. The highest BCUT2D eigenvalue weighted by molar-refractivity contribution is 7.71. The summed E-state index contributed by atoms with van der Waals surface area (Å²) >= 11 is 4.95. The molecule has 66 valence electrons. The molecule has 0 unspecified atom stereocenters. The molecule has 5 heteroatoms. The molecule has 3 N–H and O–H groups in total. The van der Waals surface area contributed by atoms with Crippen molar-refractivity contribution in [3.8, 4) is 6.07 Å². The number of nitrogen functional groups attached to an aromatic ring is 1. The zero-order chi connectivity index (χ0) is 9.84. The predicted octanol–water partition coefficient (Wildman–Crippen LogP) is 1.63. The molecule has 0 spiro atoms. The number of hydrogen-bond acceptors (Lipinski definition) is 4. The first-order chi connectivity index (χ1) is 6.19. The molecular weight excluding hydrogens is 184 g/mol. The van der Waals surface area contributed by atoms with Crippen LogP contribution in [-0.2, 0) is 0 Å². The summed E-state index contributed by atoms with van der Waals surface area (Å²) in [6.07, 6.45) is 3.52. The van der Waals surface area contributed by atoms with E-state index in [0.717, 1.165) is 0 Å². The molecule has 0 radical (unpaired) electrons. The lowest BCUT2D eigenvalue weighted by Crippen LogP contribution is -2.00. The second-order valence-electron chi connectivity index (χ2n) is 2.33. The number of H-pyrrole nitrogens is 1. The van der Waals surface area contributed by atoms with Crippen molar-refractivity contribution in [3.63, 3.8) is 0 Å². The Morgan fingerprint density at radius 3 is 2.92 bits per heavy atom. The van der Waals surface area contributed by atoms with Crippen LogP contribution in [0, 0.1) is 16.0 Å². The Balaban J connectivity index is 3.41. The van der Waals surface area contributed by atoms with Crippen molar-refractivity contribution >= 4 is 24.1 Å². The molecule has 0 saturated heterocycles. The lowest BCUT2D eigenvalue weighted by atomic mass is 10.3. The third-order valence-electron chi connectivity index (χ3n) is 1.40. The number of aromatic amines is 1. The van der Waals surface area contributed by atoms with Crippen LogP contribution in [0.5, 0.6) is 0 Å². The van der Waals surface area contributed by atoms with Crippen LogP contribution >= 0.6 is 12.2 Å². The summed E-state index contributed by atoms with van der Waals surface area (Å²) in [5.74, 6) is 0.209. The maximum absolute atomic E-state index is 8.63. The number of nitrogens with two attached hydrogens (primary N) is 1. The van der Waals surface area contributed by atoms with Gasteiger partial charge in [-0.05, 0) is 13.0 Å². The first-order valence-corrected chi connectivity index (χ1v) is 4.02. The SMILES string of the molecule is C/C=C/c1nc(C#N)c(N)[nH]c1=S. The van der Waals surface area contributed by atoms with E-state index in [-0.39, 0.29) is 11.5 Å². The van der Waals surface area contributed by atoms with Gasteiger partial charge >= 0.3 is 0 Å². The standard InChI is InChI=1S/C8H8N4S/c1-2-3-5-8(13)12-7(10)6(4-9)11-5/h2-3H,1H3,(H3,10,12,13)/b3-2+. The average Bonchev–Trinajstić information content (AvgIpc) is 2.10. The van der Waals surface area contributed by atoms with E-state index in [9.17, 15) is 0 Å². The summed E-state index contributed by atoms with van der Waals surface area (Å²) in [7, 11) is 0. The molecule has 1 aromatic rings. The van der Waals surface area contributed by atoms with Crippen LogP contribution in [0.2, 0.25) is 0 Å². The second kappa shape index (κ2) is 3.83. The Morgan fingerprint density at radius 2 is 2.38 bits per heavy atom. The molecule has 0 atom stereocenters. The molecule has 0 saturated carbocycles. The highest BCUT2D eigenvalue weighted by Gasteiger charge is 2.02. The monoisotopic (exact) mass is 192 g/mol. The van der Waals surface area contributed by atoms with Gasteiger partial charge < -0.3 is 10.7 Å². The lowest BCUT2D eigenvalue weighted by Gasteiger charge is -1.98. The van der Waals surface area contributed by atoms with Gasteiger partial charge in [0.25, 0.3) is 0 Å². The number of allylic oxidation sites excluding steroid dienone is 1. The van der Waals surface area contributed by atoms with Crippen molar-refractivity contribution in [1.82, 2.24) is 9.97 Å². The van der Waals surface area contributed by atoms with Gasteiger partial charge in [-0.2, -0.15) is 5.26 Å². The van der Waals surface area contributed by atoms with E-state index in [4.69, 9.17) is 23.2 Å². The van der Waals surface area contributed by atoms with E-state index in [2.05, 4.69) is 9.97 Å². The number of nitrogens with zero attached hydrogens (tertiary/aromatic N) is 2. The maximum atomic E-state index is 8.63. The van der Waals surface area contributed by atoms with Gasteiger partial charge in [-0.1, -0.05) is 18.3 Å². The van der Waals surface area contributed by atoms with E-state index in [1.165, 1.54) is 0 Å². The van der Waals surface area contributed by atoms with Crippen LogP contribution in [0.15, 0.2) is 6.08 Å². The fraction of sp³-hybridized carbons (Fsp3) is 0.125. The molecule has 1 rings (SSSR count). The van der Waals surface area contributed by atoms with Gasteiger partial charge in [0.05, 0.1) is 5.69 Å². The highest BCUT2D eigenvalue weighted by Crippen LogP contribution is 2.07. The van der Waals surface area contributed by atoms with Crippen LogP contribution < -0.4 is 5.73 Å². The van der Waals surface area contributed by atoms with Crippen LogP contribution in [0.1, 0.15) is 18.3 Å². The smallest absolute Gasteiger partial charge is 0.181 e. The number of nitrogens with one attached hydrogen (secondary N) is 1. The Labute approximate surface area is 80.7 Å². The quantitative estimate of drug-likeness (QED) is 0.663. The third kappa shape index (κ3) is 1.92.